The van der Waals surface area contributed by atoms with Crippen LogP contribution in [0.25, 0.3) is 6.08 Å². The number of methoxy groups -OCH3 is 2. The van der Waals surface area contributed by atoms with E-state index >= 15 is 0 Å². The maximum absolute atomic E-state index is 13.3. The van der Waals surface area contributed by atoms with Crippen molar-refractivity contribution in [2.45, 2.75) is 0 Å². The second-order valence-electron chi connectivity index (χ2n) is 7.13. The van der Waals surface area contributed by atoms with Crippen molar-refractivity contribution < 1.29 is 28.9 Å². The molecule has 1 aliphatic heterocycles. The Hall–Kier alpha value is -4.37. The SMILES string of the molecule is COc1cc(O)cc(OC)c1C=C1C(=O)NC(=S)N(c2ccc(Oc3ccccc3)cc2)C1=O. The van der Waals surface area contributed by atoms with E-state index in [1.165, 1.54) is 37.3 Å². The number of anilines is 1. The van der Waals surface area contributed by atoms with E-state index in [9.17, 15) is 14.7 Å². The van der Waals surface area contributed by atoms with Crippen LogP contribution >= 0.6 is 12.2 Å². The summed E-state index contributed by atoms with van der Waals surface area (Å²) in [5.41, 5.74) is 0.590. The van der Waals surface area contributed by atoms with Crippen LogP contribution in [0, 0.1) is 0 Å². The molecule has 2 amide bonds. The average Bonchev–Trinajstić information content (AvgIpc) is 2.83. The first-order valence-electron chi connectivity index (χ1n) is 10.1. The highest BCUT2D eigenvalue weighted by molar-refractivity contribution is 7.80. The Morgan fingerprint density at radius 2 is 1.50 bits per heavy atom. The van der Waals surface area contributed by atoms with Crippen LogP contribution in [0.2, 0.25) is 0 Å². The average molecular weight is 477 g/mol. The van der Waals surface area contributed by atoms with Gasteiger partial charge in [-0.3, -0.25) is 19.8 Å². The van der Waals surface area contributed by atoms with Crippen molar-refractivity contribution >= 4 is 40.9 Å². The zero-order chi connectivity index (χ0) is 24.2. The number of phenolic OH excluding ortho intramolecular Hbond substituents is 1. The maximum atomic E-state index is 13.3. The molecule has 0 bridgehead atoms. The van der Waals surface area contributed by atoms with Gasteiger partial charge in [-0.15, -0.1) is 0 Å². The minimum absolute atomic E-state index is 0.0477. The number of hydrogen-bond acceptors (Lipinski definition) is 7. The summed E-state index contributed by atoms with van der Waals surface area (Å²) in [6.07, 6.45) is 1.34. The fourth-order valence-electron chi connectivity index (χ4n) is 3.39. The molecule has 1 fully saturated rings. The van der Waals surface area contributed by atoms with Crippen molar-refractivity contribution in [2.75, 3.05) is 19.1 Å². The van der Waals surface area contributed by atoms with Crippen molar-refractivity contribution in [1.29, 1.82) is 0 Å². The fourth-order valence-corrected chi connectivity index (χ4v) is 3.67. The van der Waals surface area contributed by atoms with E-state index in [-0.39, 0.29) is 27.9 Å². The number of benzene rings is 3. The van der Waals surface area contributed by atoms with E-state index in [4.69, 9.17) is 26.4 Å². The highest BCUT2D eigenvalue weighted by Crippen LogP contribution is 2.36. The van der Waals surface area contributed by atoms with Gasteiger partial charge in [0.2, 0.25) is 0 Å². The number of rotatable bonds is 6. The highest BCUT2D eigenvalue weighted by atomic mass is 32.1. The van der Waals surface area contributed by atoms with Crippen LogP contribution in [0.4, 0.5) is 5.69 Å². The second kappa shape index (κ2) is 9.63. The van der Waals surface area contributed by atoms with Gasteiger partial charge in [0.1, 0.15) is 34.3 Å². The Kier molecular flexibility index (Phi) is 6.46. The molecule has 0 spiro atoms. The predicted octanol–water partition coefficient (Wildman–Crippen LogP) is 4.03. The summed E-state index contributed by atoms with van der Waals surface area (Å²) in [6, 6.07) is 18.7. The Morgan fingerprint density at radius 3 is 2.09 bits per heavy atom. The largest absolute Gasteiger partial charge is 0.508 e. The van der Waals surface area contributed by atoms with Crippen molar-refractivity contribution in [3.8, 4) is 28.7 Å². The Balaban J connectivity index is 1.67. The summed E-state index contributed by atoms with van der Waals surface area (Å²) in [6.45, 7) is 0. The van der Waals surface area contributed by atoms with E-state index in [0.717, 1.165) is 0 Å². The number of nitrogens with zero attached hydrogens (tertiary/aromatic N) is 1. The molecule has 1 aliphatic rings. The number of para-hydroxylation sites is 1. The first kappa shape index (κ1) is 22.8. The number of nitrogens with one attached hydrogen (secondary N) is 1. The third-order valence-corrected chi connectivity index (χ3v) is 5.28. The molecule has 2 N–H and O–H groups in total. The number of phenols is 1. The first-order valence-corrected chi connectivity index (χ1v) is 10.5. The highest BCUT2D eigenvalue weighted by Gasteiger charge is 2.35. The normalized spacial score (nSPS) is 14.7. The first-order chi connectivity index (χ1) is 16.4. The smallest absolute Gasteiger partial charge is 0.270 e. The van der Waals surface area contributed by atoms with Crippen LogP contribution < -0.4 is 24.4 Å². The minimum atomic E-state index is -0.660. The van der Waals surface area contributed by atoms with E-state index in [1.54, 1.807) is 24.3 Å². The number of ether oxygens (including phenoxy) is 3. The second-order valence-corrected chi connectivity index (χ2v) is 7.52. The van der Waals surface area contributed by atoms with Crippen molar-refractivity contribution in [3.05, 3.63) is 77.9 Å². The maximum Gasteiger partial charge on any atom is 0.270 e. The molecular weight excluding hydrogens is 456 g/mol. The van der Waals surface area contributed by atoms with Gasteiger partial charge in [0.25, 0.3) is 11.8 Å². The van der Waals surface area contributed by atoms with Crippen LogP contribution in [-0.4, -0.2) is 36.3 Å². The number of thiocarbonyl (C=S) groups is 1. The van der Waals surface area contributed by atoms with E-state index < -0.39 is 11.8 Å². The van der Waals surface area contributed by atoms with E-state index in [0.29, 0.717) is 22.7 Å². The van der Waals surface area contributed by atoms with Crippen molar-refractivity contribution in [1.82, 2.24) is 5.32 Å². The van der Waals surface area contributed by atoms with Gasteiger partial charge in [-0.1, -0.05) is 18.2 Å². The van der Waals surface area contributed by atoms with Crippen LogP contribution in [0.5, 0.6) is 28.7 Å². The molecule has 4 rings (SSSR count). The molecule has 0 atom stereocenters. The quantitative estimate of drug-likeness (QED) is 0.315. The van der Waals surface area contributed by atoms with Crippen molar-refractivity contribution in [3.63, 3.8) is 0 Å². The van der Waals surface area contributed by atoms with Crippen molar-refractivity contribution in [2.24, 2.45) is 0 Å². The molecule has 1 heterocycles. The van der Waals surface area contributed by atoms with Gasteiger partial charge in [-0.05, 0) is 54.7 Å². The predicted molar refractivity (Wildman–Crippen MR) is 130 cm³/mol. The Labute approximate surface area is 201 Å². The lowest BCUT2D eigenvalue weighted by molar-refractivity contribution is -0.122. The molecule has 34 heavy (non-hydrogen) atoms. The van der Waals surface area contributed by atoms with Gasteiger partial charge < -0.3 is 19.3 Å². The number of hydrogen-bond donors (Lipinski definition) is 2. The molecule has 0 aliphatic carbocycles. The monoisotopic (exact) mass is 476 g/mol. The fraction of sp³-hybridized carbons (Fsp3) is 0.0800. The molecule has 0 aromatic heterocycles. The Bertz CT molecular complexity index is 1260. The van der Waals surface area contributed by atoms with Gasteiger partial charge in [0.15, 0.2) is 5.11 Å². The zero-order valence-corrected chi connectivity index (χ0v) is 19.1. The summed E-state index contributed by atoms with van der Waals surface area (Å²) in [5.74, 6) is 0.336. The molecule has 8 nitrogen and oxygen atoms in total. The van der Waals surface area contributed by atoms with Gasteiger partial charge in [-0.25, -0.2) is 0 Å². The van der Waals surface area contributed by atoms with E-state index in [1.807, 2.05) is 30.3 Å². The molecule has 0 unspecified atom stereocenters. The number of amides is 2. The summed E-state index contributed by atoms with van der Waals surface area (Å²) in [5, 5.41) is 12.4. The lowest BCUT2D eigenvalue weighted by atomic mass is 10.0. The molecule has 0 saturated carbocycles. The third-order valence-electron chi connectivity index (χ3n) is 4.99. The number of carbonyl (C=O) groups excluding carboxylic acids is 2. The molecular formula is C25H20N2O6S. The van der Waals surface area contributed by atoms with Gasteiger partial charge >= 0.3 is 0 Å². The van der Waals surface area contributed by atoms with E-state index in [2.05, 4.69) is 5.32 Å². The summed E-state index contributed by atoms with van der Waals surface area (Å²) in [7, 11) is 2.80. The molecule has 0 radical (unpaired) electrons. The summed E-state index contributed by atoms with van der Waals surface area (Å²) >= 11 is 5.27. The molecule has 1 saturated heterocycles. The van der Waals surface area contributed by atoms with Gasteiger partial charge in [-0.2, -0.15) is 0 Å². The topological polar surface area (TPSA) is 97.3 Å². The summed E-state index contributed by atoms with van der Waals surface area (Å²) in [4.78, 5) is 27.2. The van der Waals surface area contributed by atoms with Crippen LogP contribution in [0.15, 0.2) is 72.3 Å². The number of carbonyl (C=O) groups is 2. The molecule has 9 heteroatoms. The molecule has 3 aromatic carbocycles. The van der Waals surface area contributed by atoms with Gasteiger partial charge in [0.05, 0.1) is 25.5 Å². The lowest BCUT2D eigenvalue weighted by Gasteiger charge is -2.29. The number of aromatic hydroxyl groups is 1. The molecule has 172 valence electrons. The van der Waals surface area contributed by atoms with Gasteiger partial charge in [0, 0.05) is 12.1 Å². The summed E-state index contributed by atoms with van der Waals surface area (Å²) < 4.78 is 16.4. The minimum Gasteiger partial charge on any atom is -0.508 e. The Morgan fingerprint density at radius 1 is 0.912 bits per heavy atom. The van der Waals surface area contributed by atoms with Crippen LogP contribution in [0.3, 0.4) is 0 Å². The molecule has 3 aromatic rings. The standard InChI is InChI=1S/C25H20N2O6S/c1-31-21-12-16(28)13-22(32-2)19(21)14-20-23(29)26-25(34)27(24(20)30)15-8-10-18(11-9-15)33-17-6-4-3-5-7-17/h3-14,28H,1-2H3,(H,26,29,34). The lowest BCUT2D eigenvalue weighted by Crippen LogP contribution is -2.54. The zero-order valence-electron chi connectivity index (χ0n) is 18.3. The van der Waals surface area contributed by atoms with Crippen LogP contribution in [-0.2, 0) is 9.59 Å². The third kappa shape index (κ3) is 4.55. The van der Waals surface area contributed by atoms with Crippen LogP contribution in [0.1, 0.15) is 5.56 Å².